The van der Waals surface area contributed by atoms with Crippen LogP contribution in [0.25, 0.3) is 11.3 Å². The lowest BCUT2D eigenvalue weighted by Crippen LogP contribution is -2.76. The highest BCUT2D eigenvalue weighted by atomic mass is 19.4. The van der Waals surface area contributed by atoms with Gasteiger partial charge < -0.3 is 14.6 Å². The summed E-state index contributed by atoms with van der Waals surface area (Å²) < 4.78 is 48.6. The molecule has 2 aromatic rings. The molecule has 3 aliphatic carbocycles. The lowest BCUT2D eigenvalue weighted by molar-refractivity contribution is -0.141. The zero-order valence-corrected chi connectivity index (χ0v) is 15.7. The number of amides is 1. The highest BCUT2D eigenvalue weighted by Crippen LogP contribution is 2.68. The van der Waals surface area contributed by atoms with Gasteiger partial charge in [0.1, 0.15) is 22.7 Å². The minimum absolute atomic E-state index is 0.181. The van der Waals surface area contributed by atoms with Crippen LogP contribution in [0.5, 0.6) is 0 Å². The zero-order valence-electron chi connectivity index (χ0n) is 15.7. The Kier molecular flexibility index (Phi) is 3.83. The maximum absolute atomic E-state index is 12.6. The van der Waals surface area contributed by atoms with Gasteiger partial charge in [0.05, 0.1) is 0 Å². The van der Waals surface area contributed by atoms with E-state index in [1.165, 1.54) is 6.07 Å². The van der Waals surface area contributed by atoms with Crippen LogP contribution < -0.4 is 5.32 Å². The Bertz CT molecular complexity index is 893. The highest BCUT2D eigenvalue weighted by Gasteiger charge is 2.71. The number of alkyl carbamates (subject to hydrolysis) is 1. The Balaban J connectivity index is 1.40. The predicted octanol–water partition coefficient (Wildman–Crippen LogP) is 4.45. The summed E-state index contributed by atoms with van der Waals surface area (Å²) in [5.41, 5.74) is -1.06. The summed E-state index contributed by atoms with van der Waals surface area (Å²) in [6, 6.07) is 3.98. The molecule has 1 N–H and O–H groups in total. The van der Waals surface area contributed by atoms with Crippen LogP contribution in [0.3, 0.4) is 0 Å². The third-order valence-corrected chi connectivity index (χ3v) is 5.18. The molecule has 3 saturated carbocycles. The molecule has 0 radical (unpaired) electrons. The molecule has 0 spiro atoms. The van der Waals surface area contributed by atoms with E-state index in [0.717, 1.165) is 31.5 Å². The van der Waals surface area contributed by atoms with Crippen molar-refractivity contribution in [3.8, 4) is 11.3 Å². The zero-order chi connectivity index (χ0) is 20.4. The molecule has 3 aliphatic rings. The average molecular weight is 395 g/mol. The maximum atomic E-state index is 12.6. The third kappa shape index (κ3) is 3.22. The van der Waals surface area contributed by atoms with Crippen molar-refractivity contribution < 1.29 is 27.2 Å². The monoisotopic (exact) mass is 395 g/mol. The van der Waals surface area contributed by atoms with Gasteiger partial charge >= 0.3 is 12.3 Å². The fraction of sp³-hybridized carbons (Fsp3) is 0.526. The van der Waals surface area contributed by atoms with E-state index in [1.54, 1.807) is 6.07 Å². The molecule has 2 bridgehead atoms. The van der Waals surface area contributed by atoms with E-state index in [-0.39, 0.29) is 11.0 Å². The molecule has 9 heteroatoms. The van der Waals surface area contributed by atoms with Crippen LogP contribution in [0.1, 0.15) is 51.5 Å². The summed E-state index contributed by atoms with van der Waals surface area (Å²) in [4.78, 5) is 15.4. The summed E-state index contributed by atoms with van der Waals surface area (Å²) in [7, 11) is 0. The second kappa shape index (κ2) is 5.71. The highest BCUT2D eigenvalue weighted by molar-refractivity contribution is 5.70. The number of pyridine rings is 1. The van der Waals surface area contributed by atoms with E-state index < -0.39 is 23.6 Å². The lowest BCUT2D eigenvalue weighted by atomic mass is 9.38. The van der Waals surface area contributed by atoms with E-state index in [0.29, 0.717) is 17.0 Å². The summed E-state index contributed by atoms with van der Waals surface area (Å²) in [5.74, 6) is 0.676. The Labute approximate surface area is 159 Å². The first-order chi connectivity index (χ1) is 12.9. The maximum Gasteiger partial charge on any atom is 0.433 e. The first kappa shape index (κ1) is 18.8. The first-order valence-corrected chi connectivity index (χ1v) is 8.92. The Hall–Kier alpha value is -2.58. The van der Waals surface area contributed by atoms with Crippen LogP contribution >= 0.6 is 0 Å². The fourth-order valence-corrected chi connectivity index (χ4v) is 4.08. The van der Waals surface area contributed by atoms with E-state index >= 15 is 0 Å². The van der Waals surface area contributed by atoms with Gasteiger partial charge in [-0.3, -0.25) is 4.98 Å². The molecular weight excluding hydrogens is 375 g/mol. The largest absolute Gasteiger partial charge is 0.444 e. The molecule has 0 saturated heterocycles. The van der Waals surface area contributed by atoms with Crippen molar-refractivity contribution in [1.82, 2.24) is 15.5 Å². The van der Waals surface area contributed by atoms with E-state index in [4.69, 9.17) is 9.26 Å². The third-order valence-electron chi connectivity index (χ3n) is 5.18. The Morgan fingerprint density at radius 1 is 1.21 bits per heavy atom. The van der Waals surface area contributed by atoms with Crippen LogP contribution in [-0.2, 0) is 16.3 Å². The summed E-state index contributed by atoms with van der Waals surface area (Å²) >= 11 is 0. The number of nitrogens with zero attached hydrogens (tertiary/aromatic N) is 2. The molecule has 0 aromatic carbocycles. The van der Waals surface area contributed by atoms with Gasteiger partial charge in [0.25, 0.3) is 0 Å². The van der Waals surface area contributed by atoms with E-state index in [9.17, 15) is 18.0 Å². The molecule has 0 aliphatic heterocycles. The van der Waals surface area contributed by atoms with Crippen molar-refractivity contribution in [3.05, 3.63) is 35.9 Å². The smallest absolute Gasteiger partial charge is 0.433 e. The van der Waals surface area contributed by atoms with Crippen molar-refractivity contribution in [3.63, 3.8) is 0 Å². The number of hydrogen-bond acceptors (Lipinski definition) is 5. The van der Waals surface area contributed by atoms with Gasteiger partial charge in [-0.25, -0.2) is 4.79 Å². The molecule has 0 unspecified atom stereocenters. The number of hydrogen-bond donors (Lipinski definition) is 1. The number of carbonyl (C=O) groups is 1. The number of rotatable bonds is 3. The van der Waals surface area contributed by atoms with Gasteiger partial charge in [-0.2, -0.15) is 13.2 Å². The van der Waals surface area contributed by atoms with Crippen molar-refractivity contribution >= 4 is 6.09 Å². The van der Waals surface area contributed by atoms with Crippen LogP contribution in [0.15, 0.2) is 28.9 Å². The minimum atomic E-state index is -4.48. The molecule has 0 atom stereocenters. The number of alkyl halides is 3. The average Bonchev–Trinajstić information content (AvgIpc) is 2.96. The molecule has 2 aromatic heterocycles. The van der Waals surface area contributed by atoms with Crippen LogP contribution in [0.2, 0.25) is 0 Å². The van der Waals surface area contributed by atoms with Gasteiger partial charge in [0.15, 0.2) is 0 Å². The molecular formula is C19H20F3N3O3. The predicted molar refractivity (Wildman–Crippen MR) is 92.4 cm³/mol. The van der Waals surface area contributed by atoms with Gasteiger partial charge in [-0.1, -0.05) is 5.16 Å². The topological polar surface area (TPSA) is 77.2 Å². The molecule has 6 nitrogen and oxygen atoms in total. The summed E-state index contributed by atoms with van der Waals surface area (Å²) in [6.45, 7) is 5.42. The van der Waals surface area contributed by atoms with Gasteiger partial charge in [-0.15, -0.1) is 0 Å². The molecule has 1 amide bonds. The second-order valence-electron chi connectivity index (χ2n) is 8.72. The van der Waals surface area contributed by atoms with Crippen molar-refractivity contribution in [2.45, 2.75) is 62.8 Å². The molecule has 28 heavy (non-hydrogen) atoms. The Morgan fingerprint density at radius 2 is 1.89 bits per heavy atom. The quantitative estimate of drug-likeness (QED) is 0.831. The molecule has 5 rings (SSSR count). The first-order valence-electron chi connectivity index (χ1n) is 8.92. The van der Waals surface area contributed by atoms with Crippen LogP contribution in [-0.4, -0.2) is 27.4 Å². The Morgan fingerprint density at radius 3 is 2.43 bits per heavy atom. The molecule has 3 fully saturated rings. The number of ether oxygens (including phenoxy) is 1. The fourth-order valence-electron chi connectivity index (χ4n) is 4.08. The van der Waals surface area contributed by atoms with Crippen LogP contribution in [0.4, 0.5) is 18.0 Å². The van der Waals surface area contributed by atoms with Gasteiger partial charge in [0.2, 0.25) is 0 Å². The van der Waals surface area contributed by atoms with Crippen LogP contribution in [0, 0.1) is 0 Å². The standard InChI is InChI=1S/C19H20F3N3O3/c1-16(2,3)27-15(26)24-18-8-17(9-18,10-18)14-6-12(25-28-14)11-4-5-13(23-7-11)19(20,21)22/h4-7H,8-10H2,1-3H3,(H,24,26). The number of halogens is 3. The normalized spacial score (nSPS) is 26.2. The van der Waals surface area contributed by atoms with E-state index in [2.05, 4.69) is 15.5 Å². The number of carbonyl (C=O) groups excluding carboxylic acids is 1. The van der Waals surface area contributed by atoms with Gasteiger partial charge in [0, 0.05) is 28.8 Å². The van der Waals surface area contributed by atoms with Crippen molar-refractivity contribution in [2.75, 3.05) is 0 Å². The van der Waals surface area contributed by atoms with Crippen molar-refractivity contribution in [2.24, 2.45) is 0 Å². The number of aromatic nitrogens is 2. The molecule has 150 valence electrons. The summed E-state index contributed by atoms with van der Waals surface area (Å²) in [6.07, 6.45) is -1.61. The number of nitrogens with one attached hydrogen (secondary N) is 1. The molecule has 2 heterocycles. The van der Waals surface area contributed by atoms with Gasteiger partial charge in [-0.05, 0) is 52.2 Å². The SMILES string of the molecule is CC(C)(C)OC(=O)NC12CC(c3cc(-c4ccc(C(F)(F)F)nc4)no3)(C1)C2. The lowest BCUT2D eigenvalue weighted by Gasteiger charge is -2.68. The minimum Gasteiger partial charge on any atom is -0.444 e. The second-order valence-corrected chi connectivity index (χ2v) is 8.72. The van der Waals surface area contributed by atoms with Crippen molar-refractivity contribution in [1.29, 1.82) is 0 Å². The van der Waals surface area contributed by atoms with E-state index in [1.807, 2.05) is 20.8 Å². The summed E-state index contributed by atoms with van der Waals surface area (Å²) in [5, 5.41) is 6.90.